The van der Waals surface area contributed by atoms with Gasteiger partial charge in [0, 0.05) is 43.0 Å². The molecule has 0 spiro atoms. The van der Waals surface area contributed by atoms with Crippen LogP contribution < -0.4 is 14.4 Å². The fourth-order valence-electron chi connectivity index (χ4n) is 10.1. The van der Waals surface area contributed by atoms with E-state index < -0.39 is 28.0 Å². The Hall–Kier alpha value is -6.23. The number of nitrogens with zero attached hydrogens (tertiary/aromatic N) is 7. The number of amides is 1. The van der Waals surface area contributed by atoms with Gasteiger partial charge >= 0.3 is 18.3 Å². The van der Waals surface area contributed by atoms with E-state index in [1.807, 2.05) is 38.7 Å². The molecule has 4 atom stereocenters. The van der Waals surface area contributed by atoms with Crippen LogP contribution >= 0.6 is 0 Å². The number of anilines is 1. The molecule has 9 rings (SSSR count). The molecule has 1 amide bonds. The highest BCUT2D eigenvalue weighted by Gasteiger charge is 2.50. The summed E-state index contributed by atoms with van der Waals surface area (Å²) in [5.41, 5.74) is -0.229. The molecule has 63 heavy (non-hydrogen) atoms. The van der Waals surface area contributed by atoms with E-state index in [4.69, 9.17) is 28.9 Å². The minimum Gasteiger partial charge on any atom is -0.461 e. The molecule has 330 valence electrons. The van der Waals surface area contributed by atoms with E-state index in [1.165, 1.54) is 30.3 Å². The van der Waals surface area contributed by atoms with Gasteiger partial charge in [-0.3, -0.25) is 24.9 Å². The summed E-state index contributed by atoms with van der Waals surface area (Å²) < 4.78 is 55.6. The first-order valence-corrected chi connectivity index (χ1v) is 21.5. The molecule has 0 saturated carbocycles. The summed E-state index contributed by atoms with van der Waals surface area (Å²) >= 11 is 0. The van der Waals surface area contributed by atoms with Crippen molar-refractivity contribution < 1.29 is 42.2 Å². The maximum absolute atomic E-state index is 17.3. The quantitative estimate of drug-likeness (QED) is 0.0567. The highest BCUT2D eigenvalue weighted by Crippen LogP contribution is 2.44. The first-order valence-electron chi connectivity index (χ1n) is 21.5. The van der Waals surface area contributed by atoms with Gasteiger partial charge in [0.05, 0.1) is 27.9 Å². The summed E-state index contributed by atoms with van der Waals surface area (Å²) in [4.78, 5) is 57.0. The number of nitro groups is 1. The molecule has 0 unspecified atom stereocenters. The average molecular weight is 866 g/mol. The molecule has 4 fully saturated rings. The second kappa shape index (κ2) is 16.5. The van der Waals surface area contributed by atoms with Crippen LogP contribution in [0.25, 0.3) is 32.9 Å². The zero-order valence-electron chi connectivity index (χ0n) is 35.6. The van der Waals surface area contributed by atoms with Crippen molar-refractivity contribution >= 4 is 45.4 Å². The lowest BCUT2D eigenvalue weighted by molar-refractivity contribution is -0.384. The Bertz CT molecular complexity index is 2590. The van der Waals surface area contributed by atoms with Crippen molar-refractivity contribution in [3.05, 3.63) is 88.1 Å². The first kappa shape index (κ1) is 42.1. The summed E-state index contributed by atoms with van der Waals surface area (Å²) in [6.45, 7) is 9.27. The molecule has 15 nitrogen and oxygen atoms in total. The number of benzene rings is 3. The van der Waals surface area contributed by atoms with Crippen LogP contribution in [-0.4, -0.2) is 104 Å². The molecule has 4 saturated heterocycles. The zero-order valence-corrected chi connectivity index (χ0v) is 35.6. The summed E-state index contributed by atoms with van der Waals surface area (Å²) in [6, 6.07) is 13.3. The van der Waals surface area contributed by atoms with Gasteiger partial charge in [0.1, 0.15) is 47.4 Å². The van der Waals surface area contributed by atoms with Crippen LogP contribution in [0.2, 0.25) is 0 Å². The first-order chi connectivity index (χ1) is 30.2. The minimum absolute atomic E-state index is 0.0124. The molecular weight excluding hydrogens is 817 g/mol. The van der Waals surface area contributed by atoms with Crippen molar-refractivity contribution in [1.29, 1.82) is 0 Å². The molecule has 0 N–H and O–H groups in total. The maximum Gasteiger partial charge on any atom is 0.513 e. The molecule has 0 radical (unpaired) electrons. The number of hydrogen-bond donors (Lipinski definition) is 0. The normalized spacial score (nSPS) is 22.1. The second-order valence-corrected chi connectivity index (χ2v) is 17.9. The number of carbonyl (C=O) groups excluding carboxylic acids is 2. The third-order valence-electron chi connectivity index (χ3n) is 12.9. The summed E-state index contributed by atoms with van der Waals surface area (Å²) in [5.74, 6) is -0.488. The van der Waals surface area contributed by atoms with E-state index in [0.29, 0.717) is 47.2 Å². The van der Waals surface area contributed by atoms with Crippen molar-refractivity contribution in [2.45, 2.75) is 102 Å². The standard InChI is InChI=1S/C46H49F2N7O8/c1-5-33-36(47)17-10-27-8-6-9-34(37(27)33)39-38(48)40-35(22-49-39)41(52-23-29-11-12-30(24-52)54(29)43(56)63-45(2,3)4)51-42(50-40)61-26-46-19-7-21-53(46)31(18-20-46)25-60-44(57)62-32-15-13-28(14-16-32)55(58)59/h6,8-10,13-17,22,29-31H,5,7,11-12,18-21,23-26H2,1-4H3/t29-,30+,31-,46+/m0/s1. The van der Waals surface area contributed by atoms with E-state index in [2.05, 4.69) is 14.8 Å². The summed E-state index contributed by atoms with van der Waals surface area (Å²) in [7, 11) is 0. The number of piperazine rings is 1. The molecular formula is C46H49F2N7O8. The number of halogens is 2. The predicted octanol–water partition coefficient (Wildman–Crippen LogP) is 8.77. The predicted molar refractivity (Wildman–Crippen MR) is 229 cm³/mol. The number of non-ortho nitro benzene ring substituents is 1. The van der Waals surface area contributed by atoms with E-state index in [-0.39, 0.29) is 71.9 Å². The second-order valence-electron chi connectivity index (χ2n) is 17.9. The van der Waals surface area contributed by atoms with Crippen LogP contribution in [0.4, 0.5) is 29.9 Å². The maximum atomic E-state index is 17.3. The molecule has 4 aliphatic heterocycles. The monoisotopic (exact) mass is 865 g/mol. The number of aryl methyl sites for hydroxylation is 1. The third-order valence-corrected chi connectivity index (χ3v) is 12.9. The highest BCUT2D eigenvalue weighted by molar-refractivity contribution is 6.01. The van der Waals surface area contributed by atoms with Gasteiger partial charge in [-0.05, 0) is 107 Å². The fourth-order valence-corrected chi connectivity index (χ4v) is 10.1. The molecule has 17 heteroatoms. The molecule has 6 heterocycles. The lowest BCUT2D eigenvalue weighted by Gasteiger charge is -2.42. The van der Waals surface area contributed by atoms with Crippen molar-refractivity contribution in [3.8, 4) is 23.0 Å². The van der Waals surface area contributed by atoms with Gasteiger partial charge in [-0.2, -0.15) is 9.97 Å². The molecule has 0 aliphatic carbocycles. The van der Waals surface area contributed by atoms with Crippen LogP contribution in [0.5, 0.6) is 11.8 Å². The van der Waals surface area contributed by atoms with Gasteiger partial charge in [0.2, 0.25) is 0 Å². The van der Waals surface area contributed by atoms with Crippen LogP contribution in [0.1, 0.15) is 71.8 Å². The molecule has 2 aromatic heterocycles. The molecule has 5 aromatic rings. The van der Waals surface area contributed by atoms with Gasteiger partial charge in [0.15, 0.2) is 5.82 Å². The summed E-state index contributed by atoms with van der Waals surface area (Å²) in [5, 5.41) is 12.7. The Morgan fingerprint density at radius 2 is 1.75 bits per heavy atom. The zero-order chi connectivity index (χ0) is 44.2. The Morgan fingerprint density at radius 3 is 2.46 bits per heavy atom. The Kier molecular flexibility index (Phi) is 11.0. The van der Waals surface area contributed by atoms with E-state index in [1.54, 1.807) is 24.4 Å². The van der Waals surface area contributed by atoms with Crippen molar-refractivity contribution in [2.24, 2.45) is 0 Å². The lowest BCUT2D eigenvalue weighted by atomic mass is 9.95. The topological polar surface area (TPSA) is 163 Å². The van der Waals surface area contributed by atoms with Crippen LogP contribution in [0.15, 0.2) is 60.8 Å². The largest absolute Gasteiger partial charge is 0.513 e. The minimum atomic E-state index is -0.912. The van der Waals surface area contributed by atoms with E-state index in [0.717, 1.165) is 50.5 Å². The molecule has 3 aromatic carbocycles. The third kappa shape index (κ3) is 8.02. The number of fused-ring (bicyclic) bond motifs is 5. The Labute approximate surface area is 362 Å². The van der Waals surface area contributed by atoms with E-state index in [9.17, 15) is 19.7 Å². The van der Waals surface area contributed by atoms with Gasteiger partial charge in [0.25, 0.3) is 5.69 Å². The number of rotatable bonds is 10. The SMILES string of the molecule is CCc1c(F)ccc2cccc(-c3ncc4c(N5C[C@H]6CC[C@@H](C5)N6C(=O)OC(C)(C)C)nc(OC[C@]56CCCN5[C@H](COC(=O)Oc5ccc([N+](=O)[O-])cc5)CC6)nc4c3F)c12. The molecule has 2 bridgehead atoms. The van der Waals surface area contributed by atoms with Crippen molar-refractivity contribution in [3.63, 3.8) is 0 Å². The Balaban J connectivity index is 1.01. The van der Waals surface area contributed by atoms with Crippen LogP contribution in [-0.2, 0) is 15.9 Å². The number of aromatic nitrogens is 3. The fraction of sp³-hybridized carbons (Fsp3) is 0.457. The van der Waals surface area contributed by atoms with Crippen LogP contribution in [0, 0.1) is 21.7 Å². The van der Waals surface area contributed by atoms with Gasteiger partial charge in [-0.25, -0.2) is 18.4 Å². The average Bonchev–Trinajstić information content (AvgIpc) is 3.91. The van der Waals surface area contributed by atoms with Gasteiger partial charge in [-0.1, -0.05) is 31.2 Å². The molecule has 4 aliphatic rings. The number of ether oxygens (including phenoxy) is 4. The van der Waals surface area contributed by atoms with Crippen molar-refractivity contribution in [1.82, 2.24) is 24.8 Å². The number of hydrogen-bond acceptors (Lipinski definition) is 13. The number of nitro benzene ring substituents is 1. The summed E-state index contributed by atoms with van der Waals surface area (Å²) in [6.07, 6.45) is 5.42. The van der Waals surface area contributed by atoms with Crippen LogP contribution in [0.3, 0.4) is 0 Å². The number of carbonyl (C=O) groups is 2. The Morgan fingerprint density at radius 1 is 0.984 bits per heavy atom. The van der Waals surface area contributed by atoms with Crippen molar-refractivity contribution in [2.75, 3.05) is 37.7 Å². The van der Waals surface area contributed by atoms with E-state index >= 15 is 8.78 Å². The van der Waals surface area contributed by atoms with Gasteiger partial charge < -0.3 is 23.8 Å². The number of pyridine rings is 1. The van der Waals surface area contributed by atoms with Gasteiger partial charge in [-0.15, -0.1) is 0 Å². The smallest absolute Gasteiger partial charge is 0.461 e. The highest BCUT2D eigenvalue weighted by atomic mass is 19.1. The lowest BCUT2D eigenvalue weighted by Crippen LogP contribution is -2.57.